The Morgan fingerprint density at radius 3 is 2.72 bits per heavy atom. The Balaban J connectivity index is 1.52. The summed E-state index contributed by atoms with van der Waals surface area (Å²) in [6.07, 6.45) is 7.19. The molecule has 0 spiro atoms. The van der Waals surface area contributed by atoms with E-state index in [1.807, 2.05) is 35.3 Å². The molecule has 0 bridgehead atoms. The van der Waals surface area contributed by atoms with Crippen molar-refractivity contribution in [3.63, 3.8) is 0 Å². The Hall–Kier alpha value is -2.01. The van der Waals surface area contributed by atoms with Crippen molar-refractivity contribution in [1.29, 1.82) is 0 Å². The van der Waals surface area contributed by atoms with Crippen molar-refractivity contribution in [3.8, 4) is 0 Å². The number of nitrogens with zero attached hydrogens (tertiary/aromatic N) is 3. The van der Waals surface area contributed by atoms with E-state index in [-0.39, 0.29) is 5.41 Å². The lowest BCUT2D eigenvalue weighted by Gasteiger charge is -2.16. The first-order chi connectivity index (χ1) is 12.2. The van der Waals surface area contributed by atoms with Crippen LogP contribution in [0.2, 0.25) is 5.02 Å². The number of halogens is 1. The average Bonchev–Trinajstić information content (AvgIpc) is 3.23. The van der Waals surface area contributed by atoms with Crippen molar-refractivity contribution in [2.45, 2.75) is 38.1 Å². The van der Waals surface area contributed by atoms with Crippen LogP contribution >= 0.6 is 11.6 Å². The molecule has 1 aliphatic carbocycles. The lowest BCUT2D eigenvalue weighted by atomic mass is 9.96. The lowest BCUT2D eigenvalue weighted by molar-refractivity contribution is 0.569. The zero-order valence-electron chi connectivity index (χ0n) is 14.7. The van der Waals surface area contributed by atoms with Gasteiger partial charge in [0.25, 0.3) is 0 Å². The molecule has 3 rings (SSSR count). The number of nitrogens with one attached hydrogen (secondary N) is 2. The molecule has 0 unspecified atom stereocenters. The van der Waals surface area contributed by atoms with Crippen molar-refractivity contribution in [2.75, 3.05) is 19.6 Å². The summed E-state index contributed by atoms with van der Waals surface area (Å²) in [5.41, 5.74) is 1.54. The van der Waals surface area contributed by atoms with Gasteiger partial charge in [0, 0.05) is 42.5 Å². The third-order valence-corrected chi connectivity index (χ3v) is 4.86. The van der Waals surface area contributed by atoms with Crippen molar-refractivity contribution in [2.24, 2.45) is 4.99 Å². The normalized spacial score (nSPS) is 15.8. The molecule has 0 saturated heterocycles. The lowest BCUT2D eigenvalue weighted by Crippen LogP contribution is -2.38. The van der Waals surface area contributed by atoms with Crippen LogP contribution in [0, 0.1) is 0 Å². The first-order valence-electron chi connectivity index (χ1n) is 8.97. The summed E-state index contributed by atoms with van der Waals surface area (Å²) < 4.78 is 1.95. The highest BCUT2D eigenvalue weighted by molar-refractivity contribution is 6.30. The molecule has 0 radical (unpaired) electrons. The minimum atomic E-state index is 0.196. The molecule has 1 aromatic carbocycles. The van der Waals surface area contributed by atoms with Gasteiger partial charge < -0.3 is 10.6 Å². The molecular formula is C19H26ClN5. The molecular weight excluding hydrogens is 334 g/mol. The number of rotatable bonds is 8. The van der Waals surface area contributed by atoms with Crippen LogP contribution in [0.5, 0.6) is 0 Å². The molecule has 134 valence electrons. The second kappa shape index (κ2) is 8.39. The van der Waals surface area contributed by atoms with Crippen LogP contribution in [-0.4, -0.2) is 35.4 Å². The van der Waals surface area contributed by atoms with E-state index in [2.05, 4.69) is 34.8 Å². The number of aromatic nitrogens is 2. The van der Waals surface area contributed by atoms with E-state index in [1.165, 1.54) is 18.4 Å². The van der Waals surface area contributed by atoms with E-state index in [1.54, 1.807) is 0 Å². The highest BCUT2D eigenvalue weighted by Gasteiger charge is 2.44. The summed E-state index contributed by atoms with van der Waals surface area (Å²) in [4.78, 5) is 4.82. The van der Waals surface area contributed by atoms with E-state index in [0.717, 1.165) is 43.6 Å². The molecule has 6 heteroatoms. The molecule has 5 nitrogen and oxygen atoms in total. The van der Waals surface area contributed by atoms with Crippen LogP contribution < -0.4 is 10.6 Å². The first-order valence-corrected chi connectivity index (χ1v) is 9.35. The maximum atomic E-state index is 6.01. The minimum absolute atomic E-state index is 0.196. The number of benzene rings is 1. The second-order valence-corrected chi connectivity index (χ2v) is 6.97. The third-order valence-electron chi connectivity index (χ3n) is 4.61. The quantitative estimate of drug-likeness (QED) is 0.432. The Morgan fingerprint density at radius 2 is 2.08 bits per heavy atom. The summed E-state index contributed by atoms with van der Waals surface area (Å²) >= 11 is 6.01. The Labute approximate surface area is 154 Å². The van der Waals surface area contributed by atoms with Gasteiger partial charge in [-0.05, 0) is 49.9 Å². The maximum absolute atomic E-state index is 6.01. The summed E-state index contributed by atoms with van der Waals surface area (Å²) in [7, 11) is 0. The molecule has 2 N–H and O–H groups in total. The van der Waals surface area contributed by atoms with Crippen LogP contribution in [-0.2, 0) is 12.0 Å². The smallest absolute Gasteiger partial charge is 0.191 e. The van der Waals surface area contributed by atoms with Gasteiger partial charge >= 0.3 is 0 Å². The van der Waals surface area contributed by atoms with Crippen molar-refractivity contribution in [1.82, 2.24) is 20.4 Å². The minimum Gasteiger partial charge on any atom is -0.357 e. The molecule has 0 amide bonds. The van der Waals surface area contributed by atoms with Crippen LogP contribution in [0.25, 0.3) is 0 Å². The summed E-state index contributed by atoms with van der Waals surface area (Å²) in [6, 6.07) is 10.2. The molecule has 2 aromatic rings. The van der Waals surface area contributed by atoms with Gasteiger partial charge in [-0.2, -0.15) is 5.10 Å². The largest absolute Gasteiger partial charge is 0.357 e. The highest BCUT2D eigenvalue weighted by Crippen LogP contribution is 2.48. The van der Waals surface area contributed by atoms with Crippen LogP contribution in [0.1, 0.15) is 31.7 Å². The van der Waals surface area contributed by atoms with E-state index in [4.69, 9.17) is 16.6 Å². The maximum Gasteiger partial charge on any atom is 0.191 e. The van der Waals surface area contributed by atoms with Crippen molar-refractivity contribution >= 4 is 17.6 Å². The molecule has 0 aliphatic heterocycles. The van der Waals surface area contributed by atoms with Gasteiger partial charge in [0.1, 0.15) is 0 Å². The predicted octanol–water partition coefficient (Wildman–Crippen LogP) is 3.21. The summed E-state index contributed by atoms with van der Waals surface area (Å²) in [6.45, 7) is 5.54. The third kappa shape index (κ3) is 4.98. The average molecular weight is 360 g/mol. The topological polar surface area (TPSA) is 54.2 Å². The van der Waals surface area contributed by atoms with Gasteiger partial charge in [-0.25, -0.2) is 0 Å². The van der Waals surface area contributed by atoms with Gasteiger partial charge in [-0.3, -0.25) is 9.67 Å². The fourth-order valence-corrected chi connectivity index (χ4v) is 3.07. The Morgan fingerprint density at radius 1 is 1.28 bits per heavy atom. The van der Waals surface area contributed by atoms with Gasteiger partial charge in [0.2, 0.25) is 0 Å². The van der Waals surface area contributed by atoms with Crippen LogP contribution in [0.4, 0.5) is 0 Å². The SMILES string of the molecule is CCNC(=NCC1(c2ccc(Cl)cc2)CC1)NCCCn1cccn1. The number of guanidine groups is 1. The van der Waals surface area contributed by atoms with Gasteiger partial charge in [-0.15, -0.1) is 0 Å². The summed E-state index contributed by atoms with van der Waals surface area (Å²) in [5.74, 6) is 0.892. The second-order valence-electron chi connectivity index (χ2n) is 6.53. The molecule has 25 heavy (non-hydrogen) atoms. The fourth-order valence-electron chi connectivity index (χ4n) is 2.95. The van der Waals surface area contributed by atoms with Gasteiger partial charge in [0.05, 0.1) is 6.54 Å². The zero-order chi connectivity index (χ0) is 17.5. The molecule has 1 fully saturated rings. The fraction of sp³-hybridized carbons (Fsp3) is 0.474. The van der Waals surface area contributed by atoms with Crippen molar-refractivity contribution in [3.05, 3.63) is 53.3 Å². The number of aryl methyl sites for hydroxylation is 1. The monoisotopic (exact) mass is 359 g/mol. The first kappa shape index (κ1) is 17.8. The Kier molecular flexibility index (Phi) is 5.97. The van der Waals surface area contributed by atoms with Crippen LogP contribution in [0.3, 0.4) is 0 Å². The number of hydrogen-bond donors (Lipinski definition) is 2. The molecule has 1 heterocycles. The van der Waals surface area contributed by atoms with E-state index in [9.17, 15) is 0 Å². The zero-order valence-corrected chi connectivity index (χ0v) is 15.5. The molecule has 1 aromatic heterocycles. The van der Waals surface area contributed by atoms with E-state index in [0.29, 0.717) is 0 Å². The van der Waals surface area contributed by atoms with E-state index >= 15 is 0 Å². The highest BCUT2D eigenvalue weighted by atomic mass is 35.5. The predicted molar refractivity (Wildman–Crippen MR) is 103 cm³/mol. The molecule has 1 saturated carbocycles. The standard InChI is InChI=1S/C19H26ClN5/c1-2-21-18(22-11-3-13-25-14-4-12-24-25)23-15-19(9-10-19)16-5-7-17(20)8-6-16/h4-8,12,14H,2-3,9-11,13,15H2,1H3,(H2,21,22,23). The number of aliphatic imine (C=N–C) groups is 1. The van der Waals surface area contributed by atoms with Gasteiger partial charge in [-0.1, -0.05) is 23.7 Å². The summed E-state index contributed by atoms with van der Waals surface area (Å²) in [5, 5.41) is 11.8. The Bertz CT molecular complexity index is 674. The van der Waals surface area contributed by atoms with Crippen LogP contribution in [0.15, 0.2) is 47.7 Å². The van der Waals surface area contributed by atoms with Crippen molar-refractivity contribution < 1.29 is 0 Å². The molecule has 0 atom stereocenters. The van der Waals surface area contributed by atoms with Gasteiger partial charge in [0.15, 0.2) is 5.96 Å². The number of hydrogen-bond acceptors (Lipinski definition) is 2. The molecule has 1 aliphatic rings. The van der Waals surface area contributed by atoms with E-state index < -0.39 is 0 Å².